The summed E-state index contributed by atoms with van der Waals surface area (Å²) in [5, 5.41) is 0.901. The summed E-state index contributed by atoms with van der Waals surface area (Å²) in [4.78, 5) is 0. The molecule has 0 aliphatic heterocycles. The van der Waals surface area contributed by atoms with Gasteiger partial charge in [0.05, 0.1) is 17.8 Å². The molecule has 9 aromatic carbocycles. The van der Waals surface area contributed by atoms with Crippen LogP contribution in [0.1, 0.15) is 17.8 Å². The summed E-state index contributed by atoms with van der Waals surface area (Å²) in [6.07, 6.45) is 0. The van der Waals surface area contributed by atoms with Gasteiger partial charge >= 0.3 is 0 Å². The van der Waals surface area contributed by atoms with Gasteiger partial charge in [0.2, 0.25) is 0 Å². The zero-order chi connectivity index (χ0) is 45.0. The number of fused-ring (bicyclic) bond motifs is 5. The number of rotatable bonds is 5. The van der Waals surface area contributed by atoms with Gasteiger partial charge in [-0.3, -0.25) is 0 Å². The molecule has 0 amide bonds. The van der Waals surface area contributed by atoms with E-state index in [1.54, 1.807) is 24.3 Å². The highest BCUT2D eigenvalue weighted by molar-refractivity contribution is 6.23. The van der Waals surface area contributed by atoms with Gasteiger partial charge in [0.15, 0.2) is 0 Å². The van der Waals surface area contributed by atoms with Crippen LogP contribution < -0.4 is 0 Å². The molecule has 0 N–H and O–H groups in total. The third kappa shape index (κ3) is 4.94. The van der Waals surface area contributed by atoms with Gasteiger partial charge in [0, 0.05) is 10.8 Å². The van der Waals surface area contributed by atoms with E-state index in [9.17, 15) is 5.48 Å². The lowest BCUT2D eigenvalue weighted by molar-refractivity contribution is 0.669. The van der Waals surface area contributed by atoms with E-state index >= 15 is 0 Å². The van der Waals surface area contributed by atoms with Gasteiger partial charge in [-0.15, -0.1) is 0 Å². The Morgan fingerprint density at radius 1 is 0.314 bits per heavy atom. The van der Waals surface area contributed by atoms with Crippen LogP contribution in [0.2, 0.25) is 0 Å². The number of benzene rings is 9. The Morgan fingerprint density at radius 3 is 1.43 bits per heavy atom. The molecule has 51 heavy (non-hydrogen) atoms. The van der Waals surface area contributed by atoms with Crippen molar-refractivity contribution in [2.24, 2.45) is 0 Å². The maximum atomic E-state index is 9.68. The maximum absolute atomic E-state index is 9.68. The van der Waals surface area contributed by atoms with Crippen molar-refractivity contribution in [2.45, 2.75) is 0 Å². The summed E-state index contributed by atoms with van der Waals surface area (Å²) in [6.45, 7) is 0. The molecule has 1 nitrogen and oxygen atoms in total. The van der Waals surface area contributed by atoms with E-state index in [1.165, 1.54) is 6.07 Å². The highest BCUT2D eigenvalue weighted by Gasteiger charge is 2.22. The van der Waals surface area contributed by atoms with Gasteiger partial charge in [0.1, 0.15) is 11.2 Å². The first-order valence-corrected chi connectivity index (χ1v) is 16.4. The first-order valence-electron chi connectivity index (χ1n) is 22.9. The van der Waals surface area contributed by atoms with Crippen LogP contribution in [0.3, 0.4) is 0 Å². The first-order chi connectivity index (χ1) is 30.7. The van der Waals surface area contributed by atoms with Gasteiger partial charge in [-0.1, -0.05) is 157 Å². The molecule has 10 rings (SSSR count). The van der Waals surface area contributed by atoms with Gasteiger partial charge in [-0.2, -0.15) is 0 Å². The van der Waals surface area contributed by atoms with Crippen LogP contribution in [0.15, 0.2) is 198 Å². The standard InChI is InChI=1S/C50H32O/c1-4-16-33(17-5-1)36-28-37(34-18-6-2-7-19-34)30-38(29-36)49-40-23-10-12-25-42(40)50(43-26-13-11-24-41(43)49)46-31-45-39-22-14-15-27-47(39)51-48(45)32-44(46)35-20-8-3-9-21-35/h1-32H/i3D,8D,9D,10D,11D,12D,13D,20D,21D,23D,24D,25D,26D. The normalized spacial score (nSPS) is 15.1. The zero-order valence-corrected chi connectivity index (χ0v) is 26.9. The molecule has 10 aromatic rings. The largest absolute Gasteiger partial charge is 0.456 e. The minimum atomic E-state index is -0.624. The SMILES string of the molecule is [2H]c1c([2H])c([2H])c(-c2cc3oc4ccccc4c3cc2-c2c3c([2H])c([2H])c([2H])c([2H])c3c(-c3cc(-c4ccccc4)cc(-c4ccccc4)c3)c3c([2H])c([2H])c([2H])c([2H])c23)c([2H])c1[2H]. The van der Waals surface area contributed by atoms with Crippen molar-refractivity contribution in [1.82, 2.24) is 0 Å². The quantitative estimate of drug-likeness (QED) is 0.167. The summed E-state index contributed by atoms with van der Waals surface area (Å²) in [7, 11) is 0. The minimum absolute atomic E-state index is 0.0242. The van der Waals surface area contributed by atoms with Gasteiger partial charge < -0.3 is 4.42 Å². The molecule has 0 aliphatic rings. The maximum Gasteiger partial charge on any atom is 0.136 e. The van der Waals surface area contributed by atoms with E-state index in [0.717, 1.165) is 22.3 Å². The first kappa shape index (κ1) is 18.9. The van der Waals surface area contributed by atoms with E-state index in [2.05, 4.69) is 0 Å². The minimum Gasteiger partial charge on any atom is -0.456 e. The monoisotopic (exact) mass is 661 g/mol. The van der Waals surface area contributed by atoms with E-state index < -0.39 is 78.6 Å². The van der Waals surface area contributed by atoms with Crippen LogP contribution in [0.25, 0.3) is 99.1 Å². The molecule has 0 atom stereocenters. The molecule has 1 heterocycles. The Labute approximate surface area is 315 Å². The second-order valence-electron chi connectivity index (χ2n) is 12.3. The summed E-state index contributed by atoms with van der Waals surface area (Å²) in [5.41, 5.74) is 4.31. The third-order valence-electron chi connectivity index (χ3n) is 9.37. The van der Waals surface area contributed by atoms with Crippen LogP contribution in [-0.2, 0) is 0 Å². The number of furan rings is 1. The molecule has 0 bridgehead atoms. The summed E-state index contributed by atoms with van der Waals surface area (Å²) in [6, 6.07) is 27.8. The fourth-order valence-corrected chi connectivity index (χ4v) is 7.12. The van der Waals surface area contributed by atoms with Crippen LogP contribution in [0.4, 0.5) is 0 Å². The van der Waals surface area contributed by atoms with Crippen molar-refractivity contribution < 1.29 is 22.2 Å². The lowest BCUT2D eigenvalue weighted by Crippen LogP contribution is -1.94. The molecule has 0 unspecified atom stereocenters. The summed E-state index contributed by atoms with van der Waals surface area (Å²) < 4.78 is 125. The van der Waals surface area contributed by atoms with Crippen molar-refractivity contribution in [1.29, 1.82) is 0 Å². The second-order valence-corrected chi connectivity index (χ2v) is 12.3. The topological polar surface area (TPSA) is 13.1 Å². The van der Waals surface area contributed by atoms with E-state index in [-0.39, 0.29) is 54.9 Å². The molecular weight excluding hydrogens is 617 g/mol. The lowest BCUT2D eigenvalue weighted by atomic mass is 9.82. The fourth-order valence-electron chi connectivity index (χ4n) is 7.12. The third-order valence-corrected chi connectivity index (χ3v) is 9.37. The molecule has 0 spiro atoms. The van der Waals surface area contributed by atoms with Crippen molar-refractivity contribution in [3.05, 3.63) is 194 Å². The van der Waals surface area contributed by atoms with Gasteiger partial charge in [-0.05, 0) is 114 Å². The highest BCUT2D eigenvalue weighted by atomic mass is 16.3. The molecule has 1 heteroatoms. The van der Waals surface area contributed by atoms with Crippen molar-refractivity contribution in [2.75, 3.05) is 0 Å². The number of para-hydroxylation sites is 1. The summed E-state index contributed by atoms with van der Waals surface area (Å²) >= 11 is 0. The fraction of sp³-hybridized carbons (Fsp3) is 0. The van der Waals surface area contributed by atoms with Crippen molar-refractivity contribution >= 4 is 43.5 Å². The second kappa shape index (κ2) is 12.0. The van der Waals surface area contributed by atoms with Crippen LogP contribution >= 0.6 is 0 Å². The lowest BCUT2D eigenvalue weighted by Gasteiger charge is -2.21. The predicted molar refractivity (Wildman–Crippen MR) is 216 cm³/mol. The van der Waals surface area contributed by atoms with E-state index in [4.69, 9.17) is 16.8 Å². The Bertz CT molecular complexity index is 3470. The van der Waals surface area contributed by atoms with Crippen LogP contribution in [0, 0.1) is 0 Å². The zero-order valence-electron chi connectivity index (χ0n) is 39.9. The van der Waals surface area contributed by atoms with Crippen LogP contribution in [-0.4, -0.2) is 0 Å². The molecule has 0 saturated heterocycles. The van der Waals surface area contributed by atoms with Gasteiger partial charge in [0.25, 0.3) is 0 Å². The predicted octanol–water partition coefficient (Wildman–Crippen LogP) is 14.2. The molecule has 0 radical (unpaired) electrons. The molecule has 1 aromatic heterocycles. The van der Waals surface area contributed by atoms with E-state index in [0.29, 0.717) is 21.9 Å². The Kier molecular flexibility index (Phi) is 4.45. The number of hydrogen-bond donors (Lipinski definition) is 0. The van der Waals surface area contributed by atoms with Crippen molar-refractivity contribution in [3.8, 4) is 55.6 Å². The Balaban J connectivity index is 1.49. The smallest absolute Gasteiger partial charge is 0.136 e. The highest BCUT2D eigenvalue weighted by Crippen LogP contribution is 2.48. The van der Waals surface area contributed by atoms with Crippen LogP contribution in [0.5, 0.6) is 0 Å². The molecule has 0 fully saturated rings. The Morgan fingerprint density at radius 2 is 0.824 bits per heavy atom. The Hall–Kier alpha value is -6.70. The molecular formula is C50H32O. The average molecular weight is 662 g/mol. The number of hydrogen-bond acceptors (Lipinski definition) is 1. The molecule has 0 aliphatic carbocycles. The molecule has 0 saturated carbocycles. The van der Waals surface area contributed by atoms with Gasteiger partial charge in [-0.25, -0.2) is 0 Å². The summed E-state index contributed by atoms with van der Waals surface area (Å²) in [5.74, 6) is 0. The van der Waals surface area contributed by atoms with Crippen molar-refractivity contribution in [3.63, 3.8) is 0 Å². The van der Waals surface area contributed by atoms with E-state index in [1.807, 2.05) is 84.9 Å². The average Bonchev–Trinajstić information content (AvgIpc) is 3.69. The molecule has 238 valence electrons.